The molecule has 1 heterocycles. The number of hydrogen-bond acceptors (Lipinski definition) is 4. The van der Waals surface area contributed by atoms with Crippen molar-refractivity contribution in [3.05, 3.63) is 16.5 Å². The van der Waals surface area contributed by atoms with Gasteiger partial charge in [0.2, 0.25) is 0 Å². The summed E-state index contributed by atoms with van der Waals surface area (Å²) in [5.74, 6) is 0.0425. The zero-order valence-corrected chi connectivity index (χ0v) is 9.34. The van der Waals surface area contributed by atoms with E-state index in [1.54, 1.807) is 6.07 Å². The molecule has 1 aromatic heterocycles. The Balaban J connectivity index is 3.19. The average Bonchev–Trinajstić information content (AvgIpc) is 2.47. The van der Waals surface area contributed by atoms with Crippen LogP contribution in [0, 0.1) is 0 Å². The van der Waals surface area contributed by atoms with Crippen LogP contribution in [0.2, 0.25) is 0 Å². The molecule has 0 amide bonds. The molecular formula is C9H10O2S2. The Morgan fingerprint density at radius 1 is 1.31 bits per heavy atom. The molecule has 70 valence electrons. The zero-order chi connectivity index (χ0) is 10.0. The van der Waals surface area contributed by atoms with E-state index in [1.807, 2.05) is 6.26 Å². The van der Waals surface area contributed by atoms with Gasteiger partial charge in [0.15, 0.2) is 11.6 Å². The second kappa shape index (κ2) is 4.07. The van der Waals surface area contributed by atoms with E-state index in [1.165, 1.54) is 36.9 Å². The minimum absolute atomic E-state index is 0.0211. The Kier molecular flexibility index (Phi) is 3.27. The van der Waals surface area contributed by atoms with Crippen molar-refractivity contribution < 1.29 is 9.59 Å². The first-order valence-electron chi connectivity index (χ1n) is 3.76. The molecule has 0 aliphatic rings. The standard InChI is InChI=1S/C9H10O2S2/c1-5(10)7-4-8(6(2)11)13-9(7)12-3/h4H,1-3H3. The number of carbonyl (C=O) groups excluding carboxylic acids is 2. The van der Waals surface area contributed by atoms with Crippen molar-refractivity contribution in [3.63, 3.8) is 0 Å². The lowest BCUT2D eigenvalue weighted by Crippen LogP contribution is -1.90. The first-order chi connectivity index (χ1) is 6.06. The minimum atomic E-state index is 0.0211. The van der Waals surface area contributed by atoms with Gasteiger partial charge in [-0.25, -0.2) is 0 Å². The molecule has 2 nitrogen and oxygen atoms in total. The topological polar surface area (TPSA) is 34.1 Å². The van der Waals surface area contributed by atoms with E-state index in [2.05, 4.69) is 0 Å². The van der Waals surface area contributed by atoms with Gasteiger partial charge in [0, 0.05) is 5.56 Å². The molecular weight excluding hydrogens is 204 g/mol. The van der Waals surface area contributed by atoms with Crippen molar-refractivity contribution in [2.75, 3.05) is 6.26 Å². The summed E-state index contributed by atoms with van der Waals surface area (Å²) in [6.07, 6.45) is 1.90. The highest BCUT2D eigenvalue weighted by Gasteiger charge is 2.13. The molecule has 1 aromatic rings. The van der Waals surface area contributed by atoms with Gasteiger partial charge in [-0.15, -0.1) is 23.1 Å². The Morgan fingerprint density at radius 3 is 2.23 bits per heavy atom. The molecule has 0 N–H and O–H groups in total. The lowest BCUT2D eigenvalue weighted by Gasteiger charge is -1.92. The van der Waals surface area contributed by atoms with Crippen molar-refractivity contribution in [3.8, 4) is 0 Å². The molecule has 0 aromatic carbocycles. The average molecular weight is 214 g/mol. The third kappa shape index (κ3) is 2.19. The second-order valence-corrected chi connectivity index (χ2v) is 4.76. The van der Waals surface area contributed by atoms with E-state index in [-0.39, 0.29) is 11.6 Å². The summed E-state index contributed by atoms with van der Waals surface area (Å²) in [6, 6.07) is 1.68. The van der Waals surface area contributed by atoms with Gasteiger partial charge in [0.05, 0.1) is 9.09 Å². The van der Waals surface area contributed by atoms with E-state index in [0.29, 0.717) is 10.4 Å². The number of Topliss-reactive ketones (excluding diaryl/α,β-unsaturated/α-hetero) is 2. The maximum Gasteiger partial charge on any atom is 0.169 e. The predicted molar refractivity (Wildman–Crippen MR) is 56.1 cm³/mol. The first kappa shape index (κ1) is 10.5. The van der Waals surface area contributed by atoms with Crippen molar-refractivity contribution in [1.82, 2.24) is 0 Å². The molecule has 13 heavy (non-hydrogen) atoms. The molecule has 0 atom stereocenters. The van der Waals surface area contributed by atoms with Crippen LogP contribution in [-0.4, -0.2) is 17.8 Å². The van der Waals surface area contributed by atoms with E-state index in [0.717, 1.165) is 4.21 Å². The van der Waals surface area contributed by atoms with Gasteiger partial charge in [0.25, 0.3) is 0 Å². The van der Waals surface area contributed by atoms with E-state index >= 15 is 0 Å². The number of ketones is 2. The fourth-order valence-electron chi connectivity index (χ4n) is 0.945. The number of hydrogen-bond donors (Lipinski definition) is 0. The summed E-state index contributed by atoms with van der Waals surface area (Å²) >= 11 is 2.90. The highest BCUT2D eigenvalue weighted by molar-refractivity contribution is 8.00. The van der Waals surface area contributed by atoms with Crippen molar-refractivity contribution in [2.45, 2.75) is 18.1 Å². The second-order valence-electron chi connectivity index (χ2n) is 2.63. The molecule has 0 radical (unpaired) electrons. The molecule has 0 aliphatic carbocycles. The highest BCUT2D eigenvalue weighted by atomic mass is 32.2. The summed E-state index contributed by atoms with van der Waals surface area (Å²) in [7, 11) is 0. The monoisotopic (exact) mass is 214 g/mol. The number of rotatable bonds is 3. The summed E-state index contributed by atoms with van der Waals surface area (Å²) in [4.78, 5) is 22.8. The molecule has 0 bridgehead atoms. The van der Waals surface area contributed by atoms with Crippen LogP contribution < -0.4 is 0 Å². The normalized spacial score (nSPS) is 10.1. The van der Waals surface area contributed by atoms with Crippen LogP contribution in [0.5, 0.6) is 0 Å². The van der Waals surface area contributed by atoms with E-state index in [9.17, 15) is 9.59 Å². The highest BCUT2D eigenvalue weighted by Crippen LogP contribution is 2.31. The van der Waals surface area contributed by atoms with E-state index < -0.39 is 0 Å². The van der Waals surface area contributed by atoms with Crippen molar-refractivity contribution in [1.29, 1.82) is 0 Å². The van der Waals surface area contributed by atoms with Gasteiger partial charge in [-0.1, -0.05) is 0 Å². The smallest absolute Gasteiger partial charge is 0.169 e. The van der Waals surface area contributed by atoms with Crippen LogP contribution >= 0.6 is 23.1 Å². The lowest BCUT2D eigenvalue weighted by atomic mass is 10.2. The van der Waals surface area contributed by atoms with Gasteiger partial charge in [-0.05, 0) is 26.2 Å². The molecule has 0 saturated heterocycles. The van der Waals surface area contributed by atoms with Crippen LogP contribution in [0.15, 0.2) is 10.3 Å². The molecule has 1 rings (SSSR count). The lowest BCUT2D eigenvalue weighted by molar-refractivity contribution is 0.101. The predicted octanol–water partition coefficient (Wildman–Crippen LogP) is 2.88. The van der Waals surface area contributed by atoms with Crippen LogP contribution in [0.1, 0.15) is 33.9 Å². The molecule has 0 aliphatic heterocycles. The molecule has 4 heteroatoms. The SMILES string of the molecule is CSc1sc(C(C)=O)cc1C(C)=O. The Morgan fingerprint density at radius 2 is 1.92 bits per heavy atom. The van der Waals surface area contributed by atoms with E-state index in [4.69, 9.17) is 0 Å². The third-order valence-corrected chi connectivity index (χ3v) is 3.98. The zero-order valence-electron chi connectivity index (χ0n) is 7.71. The summed E-state index contributed by atoms with van der Waals surface area (Å²) in [5, 5.41) is 0. The Bertz CT molecular complexity index is 352. The first-order valence-corrected chi connectivity index (χ1v) is 5.80. The van der Waals surface area contributed by atoms with Crippen molar-refractivity contribution >= 4 is 34.7 Å². The minimum Gasteiger partial charge on any atom is -0.294 e. The summed E-state index contributed by atoms with van der Waals surface area (Å²) < 4.78 is 0.928. The Hall–Kier alpha value is -0.610. The van der Waals surface area contributed by atoms with Gasteiger partial charge in [-0.2, -0.15) is 0 Å². The fraction of sp³-hybridized carbons (Fsp3) is 0.333. The number of carbonyl (C=O) groups is 2. The molecule has 0 saturated carbocycles. The maximum absolute atomic E-state index is 11.1. The van der Waals surface area contributed by atoms with Gasteiger partial charge < -0.3 is 0 Å². The summed E-state index contributed by atoms with van der Waals surface area (Å²) in [6.45, 7) is 3.03. The summed E-state index contributed by atoms with van der Waals surface area (Å²) in [5.41, 5.74) is 0.669. The quantitative estimate of drug-likeness (QED) is 0.573. The van der Waals surface area contributed by atoms with Crippen molar-refractivity contribution in [2.24, 2.45) is 0 Å². The maximum atomic E-state index is 11.1. The number of thiophene rings is 1. The van der Waals surface area contributed by atoms with Gasteiger partial charge in [-0.3, -0.25) is 9.59 Å². The molecule has 0 unspecified atom stereocenters. The molecule has 0 fully saturated rings. The molecule has 0 spiro atoms. The third-order valence-electron chi connectivity index (χ3n) is 1.61. The van der Waals surface area contributed by atoms with Crippen LogP contribution in [0.4, 0.5) is 0 Å². The van der Waals surface area contributed by atoms with Crippen LogP contribution in [-0.2, 0) is 0 Å². The van der Waals surface area contributed by atoms with Crippen LogP contribution in [0.3, 0.4) is 0 Å². The number of thioether (sulfide) groups is 1. The van der Waals surface area contributed by atoms with Crippen LogP contribution in [0.25, 0.3) is 0 Å². The fourth-order valence-corrected chi connectivity index (χ4v) is 2.80. The Labute approximate surface area is 85.3 Å². The largest absolute Gasteiger partial charge is 0.294 e. The van der Waals surface area contributed by atoms with Gasteiger partial charge >= 0.3 is 0 Å². The van der Waals surface area contributed by atoms with Gasteiger partial charge in [0.1, 0.15) is 0 Å².